The maximum atomic E-state index is 12.8. The Kier molecular flexibility index (Phi) is 52.8. The predicted molar refractivity (Wildman–Crippen MR) is 284 cm³/mol. The Hall–Kier alpha value is -2.63. The first-order valence-corrected chi connectivity index (χ1v) is 28.6. The molecule has 6 heteroatoms. The van der Waals surface area contributed by atoms with Gasteiger partial charge in [0.25, 0.3) is 0 Å². The zero-order valence-electron chi connectivity index (χ0n) is 44.0. The average molecular weight is 926 g/mol. The fraction of sp³-hybridized carbons (Fsp3) is 0.817. The number of rotatable bonds is 52. The molecule has 0 aliphatic carbocycles. The molecule has 0 spiro atoms. The summed E-state index contributed by atoms with van der Waals surface area (Å²) in [5, 5.41) is 0. The van der Waals surface area contributed by atoms with Crippen LogP contribution in [0.2, 0.25) is 0 Å². The van der Waals surface area contributed by atoms with E-state index in [1.807, 2.05) is 0 Å². The molecule has 66 heavy (non-hydrogen) atoms. The van der Waals surface area contributed by atoms with Gasteiger partial charge in [0.15, 0.2) is 6.10 Å². The molecule has 0 amide bonds. The molecule has 0 radical (unpaired) electrons. The van der Waals surface area contributed by atoms with Crippen LogP contribution in [-0.2, 0) is 28.6 Å². The van der Waals surface area contributed by atoms with Gasteiger partial charge in [-0.15, -0.1) is 0 Å². The lowest BCUT2D eigenvalue weighted by Crippen LogP contribution is -2.30. The Labute approximate surface area is 409 Å². The van der Waals surface area contributed by atoms with Gasteiger partial charge in [-0.2, -0.15) is 0 Å². The molecule has 0 saturated heterocycles. The fourth-order valence-electron chi connectivity index (χ4n) is 8.28. The third kappa shape index (κ3) is 52.3. The Balaban J connectivity index is 4.35. The molecule has 0 aromatic carbocycles. The van der Waals surface area contributed by atoms with Crippen LogP contribution in [0, 0.1) is 0 Å². The van der Waals surface area contributed by atoms with Gasteiger partial charge >= 0.3 is 17.9 Å². The van der Waals surface area contributed by atoms with Gasteiger partial charge in [-0.1, -0.05) is 249 Å². The van der Waals surface area contributed by atoms with E-state index in [9.17, 15) is 14.4 Å². The van der Waals surface area contributed by atoms with Crippen LogP contribution >= 0.6 is 0 Å². The fourth-order valence-corrected chi connectivity index (χ4v) is 8.28. The van der Waals surface area contributed by atoms with E-state index >= 15 is 0 Å². The maximum absolute atomic E-state index is 12.8. The summed E-state index contributed by atoms with van der Waals surface area (Å²) in [6.07, 6.45) is 66.8. The molecule has 0 saturated carbocycles. The van der Waals surface area contributed by atoms with E-state index in [-0.39, 0.29) is 31.1 Å². The van der Waals surface area contributed by atoms with E-state index in [4.69, 9.17) is 14.2 Å². The van der Waals surface area contributed by atoms with Gasteiger partial charge in [-0.3, -0.25) is 14.4 Å². The van der Waals surface area contributed by atoms with Crippen LogP contribution in [0.5, 0.6) is 0 Å². The number of esters is 3. The van der Waals surface area contributed by atoms with Crippen molar-refractivity contribution in [3.8, 4) is 0 Å². The highest BCUT2D eigenvalue weighted by atomic mass is 16.6. The number of ether oxygens (including phenoxy) is 3. The summed E-state index contributed by atoms with van der Waals surface area (Å²) < 4.78 is 16.8. The number of unbranched alkanes of at least 4 members (excludes halogenated alkanes) is 33. The third-order valence-corrected chi connectivity index (χ3v) is 12.6. The van der Waals surface area contributed by atoms with E-state index in [0.29, 0.717) is 19.3 Å². The molecule has 0 bridgehead atoms. The molecule has 6 nitrogen and oxygen atoms in total. The molecule has 0 rings (SSSR count). The lowest BCUT2D eigenvalue weighted by atomic mass is 10.0. The maximum Gasteiger partial charge on any atom is 0.306 e. The topological polar surface area (TPSA) is 78.9 Å². The molecular formula is C60H108O6. The van der Waals surface area contributed by atoms with Crippen molar-refractivity contribution >= 4 is 17.9 Å². The molecule has 0 aromatic rings. The zero-order chi connectivity index (χ0) is 47.9. The number of hydrogen-bond donors (Lipinski definition) is 0. The first-order chi connectivity index (χ1) is 32.5. The van der Waals surface area contributed by atoms with Crippen molar-refractivity contribution in [1.82, 2.24) is 0 Å². The first kappa shape index (κ1) is 63.4. The van der Waals surface area contributed by atoms with Gasteiger partial charge in [0.05, 0.1) is 0 Å². The van der Waals surface area contributed by atoms with Gasteiger partial charge in [0, 0.05) is 19.3 Å². The SMILES string of the molecule is CC/C=C\C/C=C\C/C=C\CCCCC(=O)OCC(COC(=O)CCCCCCC/C=C\CCCCCCCCCCC)OC(=O)CCCCCCCCCCCCCCCCCCCC. The summed E-state index contributed by atoms with van der Waals surface area (Å²) in [5.74, 6) is -0.921. The van der Waals surface area contributed by atoms with Crippen LogP contribution < -0.4 is 0 Å². The van der Waals surface area contributed by atoms with Crippen LogP contribution in [0.15, 0.2) is 48.6 Å². The summed E-state index contributed by atoms with van der Waals surface area (Å²) in [5.41, 5.74) is 0. The minimum atomic E-state index is -0.789. The smallest absolute Gasteiger partial charge is 0.306 e. The van der Waals surface area contributed by atoms with Crippen molar-refractivity contribution < 1.29 is 28.6 Å². The number of allylic oxidation sites excluding steroid dienone is 8. The van der Waals surface area contributed by atoms with Crippen molar-refractivity contribution in [2.75, 3.05) is 13.2 Å². The van der Waals surface area contributed by atoms with Crippen LogP contribution in [0.1, 0.15) is 297 Å². The first-order valence-electron chi connectivity index (χ1n) is 28.6. The molecule has 0 aromatic heterocycles. The second-order valence-electron chi connectivity index (χ2n) is 19.2. The molecule has 1 atom stereocenters. The van der Waals surface area contributed by atoms with Crippen molar-refractivity contribution in [3.05, 3.63) is 48.6 Å². The standard InChI is InChI=1S/C60H108O6/c1-4-7-10-13-16-19-22-25-27-29-31-33-35-38-41-44-47-50-53-59(62)65-56-57(55-64-58(61)52-49-46-43-40-37-24-21-18-15-12-9-6-3)66-60(63)54-51-48-45-42-39-36-34-32-30-28-26-23-20-17-14-11-8-5-2/h9,12,18,21,31,33,37,40,57H,4-8,10-11,13-17,19-20,22-30,32,34-36,38-39,41-56H2,1-3H3/b12-9-,21-18-,33-31-,40-37-. The van der Waals surface area contributed by atoms with Crippen LogP contribution in [0.3, 0.4) is 0 Å². The lowest BCUT2D eigenvalue weighted by molar-refractivity contribution is -0.167. The third-order valence-electron chi connectivity index (χ3n) is 12.6. The summed E-state index contributed by atoms with van der Waals surface area (Å²) in [6, 6.07) is 0. The molecule has 0 N–H and O–H groups in total. The van der Waals surface area contributed by atoms with E-state index < -0.39 is 6.10 Å². The summed E-state index contributed by atoms with van der Waals surface area (Å²) >= 11 is 0. The van der Waals surface area contributed by atoms with Gasteiger partial charge in [0.2, 0.25) is 0 Å². The monoisotopic (exact) mass is 925 g/mol. The van der Waals surface area contributed by atoms with Crippen molar-refractivity contribution in [1.29, 1.82) is 0 Å². The molecule has 0 fully saturated rings. The average Bonchev–Trinajstić information content (AvgIpc) is 3.31. The van der Waals surface area contributed by atoms with E-state index in [1.54, 1.807) is 0 Å². The van der Waals surface area contributed by atoms with E-state index in [1.165, 1.54) is 173 Å². The zero-order valence-corrected chi connectivity index (χ0v) is 44.0. The van der Waals surface area contributed by atoms with Crippen molar-refractivity contribution in [2.45, 2.75) is 303 Å². The minimum absolute atomic E-state index is 0.0868. The normalized spacial score (nSPS) is 12.3. The Morgan fingerprint density at radius 1 is 0.318 bits per heavy atom. The van der Waals surface area contributed by atoms with E-state index in [2.05, 4.69) is 69.4 Å². The van der Waals surface area contributed by atoms with Crippen molar-refractivity contribution in [3.63, 3.8) is 0 Å². The van der Waals surface area contributed by atoms with Gasteiger partial charge < -0.3 is 14.2 Å². The molecular weight excluding hydrogens is 817 g/mol. The summed E-state index contributed by atoms with van der Waals surface area (Å²) in [6.45, 7) is 6.52. The quantitative estimate of drug-likeness (QED) is 0.0262. The molecule has 1 unspecified atom stereocenters. The number of carbonyl (C=O) groups is 3. The highest BCUT2D eigenvalue weighted by Gasteiger charge is 2.19. The minimum Gasteiger partial charge on any atom is -0.462 e. The Morgan fingerprint density at radius 3 is 0.970 bits per heavy atom. The second-order valence-corrected chi connectivity index (χ2v) is 19.2. The summed E-state index contributed by atoms with van der Waals surface area (Å²) in [7, 11) is 0. The van der Waals surface area contributed by atoms with Crippen LogP contribution in [0.4, 0.5) is 0 Å². The van der Waals surface area contributed by atoms with Crippen molar-refractivity contribution in [2.24, 2.45) is 0 Å². The van der Waals surface area contributed by atoms with Gasteiger partial charge in [0.1, 0.15) is 13.2 Å². The molecule has 0 aliphatic rings. The molecule has 0 heterocycles. The second kappa shape index (κ2) is 55.0. The molecule has 384 valence electrons. The largest absolute Gasteiger partial charge is 0.462 e. The highest BCUT2D eigenvalue weighted by Crippen LogP contribution is 2.16. The Bertz CT molecular complexity index is 1150. The predicted octanol–water partition coefficient (Wildman–Crippen LogP) is 19.0. The van der Waals surface area contributed by atoms with E-state index in [0.717, 1.165) is 83.5 Å². The van der Waals surface area contributed by atoms with Crippen LogP contribution in [0.25, 0.3) is 0 Å². The molecule has 0 aliphatic heterocycles. The van der Waals surface area contributed by atoms with Gasteiger partial charge in [-0.25, -0.2) is 0 Å². The number of hydrogen-bond acceptors (Lipinski definition) is 6. The van der Waals surface area contributed by atoms with Crippen LogP contribution in [-0.4, -0.2) is 37.2 Å². The number of carbonyl (C=O) groups excluding carboxylic acids is 3. The lowest BCUT2D eigenvalue weighted by Gasteiger charge is -2.18. The van der Waals surface area contributed by atoms with Gasteiger partial charge in [-0.05, 0) is 77.0 Å². The summed E-state index contributed by atoms with van der Waals surface area (Å²) in [4.78, 5) is 38.1. The Morgan fingerprint density at radius 2 is 0.591 bits per heavy atom. The highest BCUT2D eigenvalue weighted by molar-refractivity contribution is 5.71.